The summed E-state index contributed by atoms with van der Waals surface area (Å²) in [5.74, 6) is 1.28. The van der Waals surface area contributed by atoms with E-state index < -0.39 is 0 Å². The molecule has 0 amide bonds. The van der Waals surface area contributed by atoms with E-state index in [0.717, 1.165) is 26.1 Å². The van der Waals surface area contributed by atoms with Crippen molar-refractivity contribution in [2.75, 3.05) is 13.2 Å². The van der Waals surface area contributed by atoms with Crippen molar-refractivity contribution in [3.8, 4) is 0 Å². The van der Waals surface area contributed by atoms with Crippen LogP contribution < -0.4 is 0 Å². The van der Waals surface area contributed by atoms with Gasteiger partial charge < -0.3 is 9.47 Å². The zero-order valence-electron chi connectivity index (χ0n) is 8.24. The van der Waals surface area contributed by atoms with E-state index in [1.807, 2.05) is 0 Å². The molecule has 2 rings (SSSR count). The van der Waals surface area contributed by atoms with Crippen molar-refractivity contribution in [3.05, 3.63) is 12.2 Å². The Hall–Kier alpha value is -0.340. The third-order valence-corrected chi connectivity index (χ3v) is 3.02. The standard InChI is InChI=1S/C11H18O2/c1-9-5-2-3-6-10(9)11-12-7-4-8-13-11/h2-3,9-11H,4-8H2,1H3/t9-,10-/m1/s1. The van der Waals surface area contributed by atoms with Crippen LogP contribution in [0, 0.1) is 11.8 Å². The van der Waals surface area contributed by atoms with Gasteiger partial charge in [-0.05, 0) is 25.2 Å². The van der Waals surface area contributed by atoms with Gasteiger partial charge in [-0.2, -0.15) is 0 Å². The summed E-state index contributed by atoms with van der Waals surface area (Å²) >= 11 is 0. The Morgan fingerprint density at radius 1 is 1.08 bits per heavy atom. The molecule has 0 aromatic carbocycles. The van der Waals surface area contributed by atoms with E-state index in [4.69, 9.17) is 9.47 Å². The Labute approximate surface area is 79.9 Å². The predicted molar refractivity (Wildman–Crippen MR) is 51.3 cm³/mol. The molecule has 2 nitrogen and oxygen atoms in total. The van der Waals surface area contributed by atoms with Crippen molar-refractivity contribution < 1.29 is 9.47 Å². The molecule has 1 aliphatic heterocycles. The van der Waals surface area contributed by atoms with E-state index in [2.05, 4.69) is 19.1 Å². The van der Waals surface area contributed by atoms with Gasteiger partial charge in [0.05, 0.1) is 13.2 Å². The van der Waals surface area contributed by atoms with Crippen molar-refractivity contribution in [2.24, 2.45) is 11.8 Å². The molecule has 0 saturated carbocycles. The smallest absolute Gasteiger partial charge is 0.160 e. The monoisotopic (exact) mass is 182 g/mol. The van der Waals surface area contributed by atoms with Crippen LogP contribution in [0.4, 0.5) is 0 Å². The summed E-state index contributed by atoms with van der Waals surface area (Å²) in [6, 6.07) is 0. The fourth-order valence-corrected chi connectivity index (χ4v) is 2.10. The van der Waals surface area contributed by atoms with Crippen LogP contribution in [0.1, 0.15) is 26.2 Å². The quantitative estimate of drug-likeness (QED) is 0.579. The number of hydrogen-bond donors (Lipinski definition) is 0. The van der Waals surface area contributed by atoms with Crippen LogP contribution in [0.15, 0.2) is 12.2 Å². The first-order valence-electron chi connectivity index (χ1n) is 5.26. The summed E-state index contributed by atoms with van der Waals surface area (Å²) in [4.78, 5) is 0. The lowest BCUT2D eigenvalue weighted by Crippen LogP contribution is -2.36. The molecule has 2 heteroatoms. The Bertz CT molecular complexity index is 183. The van der Waals surface area contributed by atoms with E-state index >= 15 is 0 Å². The molecule has 1 fully saturated rings. The van der Waals surface area contributed by atoms with Crippen LogP contribution >= 0.6 is 0 Å². The van der Waals surface area contributed by atoms with Crippen LogP contribution in [0.2, 0.25) is 0 Å². The van der Waals surface area contributed by atoms with E-state index in [1.54, 1.807) is 0 Å². The lowest BCUT2D eigenvalue weighted by Gasteiger charge is -2.34. The van der Waals surface area contributed by atoms with E-state index in [9.17, 15) is 0 Å². The van der Waals surface area contributed by atoms with E-state index in [0.29, 0.717) is 11.8 Å². The summed E-state index contributed by atoms with van der Waals surface area (Å²) < 4.78 is 11.3. The molecule has 0 aromatic rings. The van der Waals surface area contributed by atoms with Gasteiger partial charge >= 0.3 is 0 Å². The Balaban J connectivity index is 1.93. The maximum atomic E-state index is 5.63. The van der Waals surface area contributed by atoms with Gasteiger partial charge in [-0.3, -0.25) is 0 Å². The molecule has 74 valence electrons. The molecule has 0 N–H and O–H groups in total. The molecular weight excluding hydrogens is 164 g/mol. The predicted octanol–water partition coefficient (Wildman–Crippen LogP) is 2.35. The third kappa shape index (κ3) is 2.12. The molecule has 2 aliphatic rings. The van der Waals surface area contributed by atoms with E-state index in [-0.39, 0.29) is 6.29 Å². The normalized spacial score (nSPS) is 36.4. The lowest BCUT2D eigenvalue weighted by molar-refractivity contribution is -0.212. The van der Waals surface area contributed by atoms with Crippen molar-refractivity contribution >= 4 is 0 Å². The van der Waals surface area contributed by atoms with Crippen molar-refractivity contribution in [1.29, 1.82) is 0 Å². The second-order valence-corrected chi connectivity index (χ2v) is 4.05. The number of ether oxygens (including phenoxy) is 2. The summed E-state index contributed by atoms with van der Waals surface area (Å²) in [5.41, 5.74) is 0. The molecule has 0 spiro atoms. The molecule has 0 unspecified atom stereocenters. The van der Waals surface area contributed by atoms with Gasteiger partial charge in [0.2, 0.25) is 0 Å². The minimum atomic E-state index is 0.0636. The van der Waals surface area contributed by atoms with Crippen molar-refractivity contribution in [1.82, 2.24) is 0 Å². The summed E-state index contributed by atoms with van der Waals surface area (Å²) in [7, 11) is 0. The maximum Gasteiger partial charge on any atom is 0.160 e. The van der Waals surface area contributed by atoms with Crippen LogP contribution in [0.5, 0.6) is 0 Å². The summed E-state index contributed by atoms with van der Waals surface area (Å²) in [6.07, 6.45) is 7.93. The van der Waals surface area contributed by atoms with Gasteiger partial charge in [-0.25, -0.2) is 0 Å². The largest absolute Gasteiger partial charge is 0.352 e. The van der Waals surface area contributed by atoms with Gasteiger partial charge in [0, 0.05) is 5.92 Å². The Morgan fingerprint density at radius 3 is 2.46 bits per heavy atom. The average molecular weight is 182 g/mol. The minimum absolute atomic E-state index is 0.0636. The van der Waals surface area contributed by atoms with Crippen LogP contribution in [-0.4, -0.2) is 19.5 Å². The Morgan fingerprint density at radius 2 is 1.77 bits per heavy atom. The molecule has 1 heterocycles. The number of rotatable bonds is 1. The number of hydrogen-bond acceptors (Lipinski definition) is 2. The van der Waals surface area contributed by atoms with Crippen molar-refractivity contribution in [2.45, 2.75) is 32.5 Å². The van der Waals surface area contributed by atoms with Gasteiger partial charge in [-0.15, -0.1) is 0 Å². The van der Waals surface area contributed by atoms with Gasteiger partial charge in [0.15, 0.2) is 6.29 Å². The molecule has 0 aromatic heterocycles. The fraction of sp³-hybridized carbons (Fsp3) is 0.818. The molecular formula is C11H18O2. The molecule has 13 heavy (non-hydrogen) atoms. The molecule has 1 aliphatic carbocycles. The highest BCUT2D eigenvalue weighted by Gasteiger charge is 2.29. The molecule has 0 radical (unpaired) electrons. The second-order valence-electron chi connectivity index (χ2n) is 4.05. The molecule has 2 atom stereocenters. The van der Waals surface area contributed by atoms with Crippen LogP contribution in [0.25, 0.3) is 0 Å². The lowest BCUT2D eigenvalue weighted by atomic mass is 9.84. The highest BCUT2D eigenvalue weighted by atomic mass is 16.7. The van der Waals surface area contributed by atoms with Gasteiger partial charge in [-0.1, -0.05) is 19.1 Å². The average Bonchev–Trinajstić information content (AvgIpc) is 2.20. The first-order chi connectivity index (χ1) is 6.38. The number of allylic oxidation sites excluding steroid dienone is 2. The van der Waals surface area contributed by atoms with E-state index in [1.165, 1.54) is 6.42 Å². The summed E-state index contributed by atoms with van der Waals surface area (Å²) in [6.45, 7) is 4.03. The van der Waals surface area contributed by atoms with Crippen LogP contribution in [-0.2, 0) is 9.47 Å². The zero-order chi connectivity index (χ0) is 9.10. The van der Waals surface area contributed by atoms with Gasteiger partial charge in [0.25, 0.3) is 0 Å². The SMILES string of the molecule is C[C@@H]1CC=CC[C@H]1C1OCCCO1. The molecule has 0 bridgehead atoms. The second kappa shape index (κ2) is 4.25. The summed E-state index contributed by atoms with van der Waals surface area (Å²) in [5, 5.41) is 0. The fourth-order valence-electron chi connectivity index (χ4n) is 2.10. The highest BCUT2D eigenvalue weighted by molar-refractivity contribution is 4.94. The highest BCUT2D eigenvalue weighted by Crippen LogP contribution is 2.31. The van der Waals surface area contributed by atoms with Crippen LogP contribution in [0.3, 0.4) is 0 Å². The van der Waals surface area contributed by atoms with Crippen molar-refractivity contribution in [3.63, 3.8) is 0 Å². The first kappa shape index (κ1) is 9.22. The molecule has 1 saturated heterocycles. The third-order valence-electron chi connectivity index (χ3n) is 3.02. The zero-order valence-corrected chi connectivity index (χ0v) is 8.24. The van der Waals surface area contributed by atoms with Gasteiger partial charge in [0.1, 0.15) is 0 Å². The Kier molecular flexibility index (Phi) is 3.01. The maximum absolute atomic E-state index is 5.63. The minimum Gasteiger partial charge on any atom is -0.352 e. The topological polar surface area (TPSA) is 18.5 Å². The first-order valence-corrected chi connectivity index (χ1v) is 5.26.